The number of rotatable bonds is 5. The van der Waals surface area contributed by atoms with E-state index in [0.29, 0.717) is 11.7 Å². The van der Waals surface area contributed by atoms with E-state index < -0.39 is 0 Å². The van der Waals surface area contributed by atoms with Crippen molar-refractivity contribution in [1.82, 2.24) is 9.97 Å². The van der Waals surface area contributed by atoms with Gasteiger partial charge in [0.1, 0.15) is 17.7 Å². The molecule has 4 nitrogen and oxygen atoms in total. The van der Waals surface area contributed by atoms with Crippen LogP contribution in [0.4, 0.5) is 5.82 Å². The van der Waals surface area contributed by atoms with Crippen molar-refractivity contribution in [3.8, 4) is 5.88 Å². The zero-order valence-electron chi connectivity index (χ0n) is 11.6. The van der Waals surface area contributed by atoms with Crippen LogP contribution in [-0.4, -0.2) is 16.5 Å². The highest BCUT2D eigenvalue weighted by molar-refractivity contribution is 5.38. The van der Waals surface area contributed by atoms with Gasteiger partial charge in [-0.15, -0.1) is 0 Å². The van der Waals surface area contributed by atoms with Gasteiger partial charge in [0, 0.05) is 12.6 Å². The average molecular weight is 257 g/mol. The van der Waals surface area contributed by atoms with Gasteiger partial charge in [0.25, 0.3) is 0 Å². The van der Waals surface area contributed by atoms with Crippen molar-refractivity contribution < 1.29 is 4.74 Å². The van der Waals surface area contributed by atoms with Crippen LogP contribution in [0, 0.1) is 6.92 Å². The molecule has 1 aromatic carbocycles. The van der Waals surface area contributed by atoms with Gasteiger partial charge in [-0.05, 0) is 26.3 Å². The summed E-state index contributed by atoms with van der Waals surface area (Å²) in [4.78, 5) is 8.61. The summed E-state index contributed by atoms with van der Waals surface area (Å²) in [6.07, 6.45) is -0.0371. The lowest BCUT2D eigenvalue weighted by atomic mass is 10.1. The number of aromatic nitrogens is 2. The van der Waals surface area contributed by atoms with Crippen molar-refractivity contribution >= 4 is 5.82 Å². The van der Waals surface area contributed by atoms with E-state index in [4.69, 9.17) is 4.74 Å². The van der Waals surface area contributed by atoms with Crippen molar-refractivity contribution in [3.05, 3.63) is 47.8 Å². The molecule has 0 spiro atoms. The first-order valence-electron chi connectivity index (χ1n) is 6.50. The standard InChI is InChI=1S/C15H19N3O/c1-4-16-14-10-15(18-12(3)17-14)19-11(2)13-8-6-5-7-9-13/h5-11H,4H2,1-3H3,(H,16,17,18). The van der Waals surface area contributed by atoms with Crippen LogP contribution in [-0.2, 0) is 0 Å². The summed E-state index contributed by atoms with van der Waals surface area (Å²) in [6.45, 7) is 6.73. The Hall–Kier alpha value is -2.10. The van der Waals surface area contributed by atoms with Gasteiger partial charge in [-0.3, -0.25) is 0 Å². The first-order chi connectivity index (χ1) is 9.19. The van der Waals surface area contributed by atoms with Gasteiger partial charge >= 0.3 is 0 Å². The van der Waals surface area contributed by atoms with Crippen molar-refractivity contribution in [2.45, 2.75) is 26.9 Å². The quantitative estimate of drug-likeness (QED) is 0.892. The predicted molar refractivity (Wildman–Crippen MR) is 76.4 cm³/mol. The molecule has 0 amide bonds. The van der Waals surface area contributed by atoms with Gasteiger partial charge < -0.3 is 10.1 Å². The van der Waals surface area contributed by atoms with Crippen LogP contribution >= 0.6 is 0 Å². The molecule has 4 heteroatoms. The molecule has 100 valence electrons. The monoisotopic (exact) mass is 257 g/mol. The number of benzene rings is 1. The SMILES string of the molecule is CCNc1cc(OC(C)c2ccccc2)nc(C)n1. The van der Waals surface area contributed by atoms with Gasteiger partial charge in [0.2, 0.25) is 5.88 Å². The lowest BCUT2D eigenvalue weighted by Crippen LogP contribution is -2.07. The van der Waals surface area contributed by atoms with Crippen LogP contribution in [0.2, 0.25) is 0 Å². The van der Waals surface area contributed by atoms with Crippen LogP contribution in [0.5, 0.6) is 5.88 Å². The summed E-state index contributed by atoms with van der Waals surface area (Å²) < 4.78 is 5.88. The normalized spacial score (nSPS) is 11.9. The summed E-state index contributed by atoms with van der Waals surface area (Å²) >= 11 is 0. The van der Waals surface area contributed by atoms with Gasteiger partial charge in [-0.1, -0.05) is 30.3 Å². The predicted octanol–water partition coefficient (Wildman–Crippen LogP) is 3.36. The Morgan fingerprint density at radius 3 is 2.63 bits per heavy atom. The van der Waals surface area contributed by atoms with Gasteiger partial charge in [0.05, 0.1) is 0 Å². The molecule has 1 unspecified atom stereocenters. The third kappa shape index (κ3) is 3.68. The number of hydrogen-bond acceptors (Lipinski definition) is 4. The molecule has 0 saturated carbocycles. The van der Waals surface area contributed by atoms with E-state index in [-0.39, 0.29) is 6.10 Å². The second-order valence-corrected chi connectivity index (χ2v) is 4.34. The molecule has 0 fully saturated rings. The first-order valence-corrected chi connectivity index (χ1v) is 6.50. The maximum Gasteiger partial charge on any atom is 0.219 e. The highest BCUT2D eigenvalue weighted by Crippen LogP contribution is 2.21. The molecule has 1 N–H and O–H groups in total. The zero-order valence-corrected chi connectivity index (χ0v) is 11.6. The van der Waals surface area contributed by atoms with E-state index in [2.05, 4.69) is 15.3 Å². The van der Waals surface area contributed by atoms with Gasteiger partial charge in [-0.25, -0.2) is 4.98 Å². The molecule has 0 aliphatic carbocycles. The molecule has 2 aromatic rings. The Bertz CT molecular complexity index is 528. The molecule has 2 rings (SSSR count). The minimum absolute atomic E-state index is 0.0371. The maximum atomic E-state index is 5.88. The largest absolute Gasteiger partial charge is 0.470 e. The molecule has 0 bridgehead atoms. The summed E-state index contributed by atoms with van der Waals surface area (Å²) in [5.41, 5.74) is 1.13. The summed E-state index contributed by atoms with van der Waals surface area (Å²) in [6, 6.07) is 11.9. The van der Waals surface area contributed by atoms with Gasteiger partial charge in [0.15, 0.2) is 0 Å². The fourth-order valence-corrected chi connectivity index (χ4v) is 1.85. The Morgan fingerprint density at radius 1 is 1.21 bits per heavy atom. The number of aryl methyl sites for hydroxylation is 1. The summed E-state index contributed by atoms with van der Waals surface area (Å²) in [5.74, 6) is 2.10. The Labute approximate surface area is 113 Å². The minimum atomic E-state index is -0.0371. The van der Waals surface area contributed by atoms with Crippen LogP contribution in [0.3, 0.4) is 0 Å². The van der Waals surface area contributed by atoms with Crippen molar-refractivity contribution in [1.29, 1.82) is 0 Å². The number of ether oxygens (including phenoxy) is 1. The Balaban J connectivity index is 2.14. The smallest absolute Gasteiger partial charge is 0.219 e. The minimum Gasteiger partial charge on any atom is -0.470 e. The second kappa shape index (κ2) is 6.18. The van der Waals surface area contributed by atoms with Gasteiger partial charge in [-0.2, -0.15) is 4.98 Å². The molecule has 0 aliphatic heterocycles. The van der Waals surface area contributed by atoms with Crippen LogP contribution in [0.15, 0.2) is 36.4 Å². The van der Waals surface area contributed by atoms with E-state index in [1.54, 1.807) is 0 Å². The number of nitrogens with zero attached hydrogens (tertiary/aromatic N) is 2. The van der Waals surface area contributed by atoms with Crippen molar-refractivity contribution in [3.63, 3.8) is 0 Å². The highest BCUT2D eigenvalue weighted by atomic mass is 16.5. The van der Waals surface area contributed by atoms with E-state index >= 15 is 0 Å². The highest BCUT2D eigenvalue weighted by Gasteiger charge is 2.09. The lowest BCUT2D eigenvalue weighted by Gasteiger charge is -2.15. The number of nitrogens with one attached hydrogen (secondary N) is 1. The third-order valence-electron chi connectivity index (χ3n) is 2.74. The van der Waals surface area contributed by atoms with Crippen molar-refractivity contribution in [2.75, 3.05) is 11.9 Å². The lowest BCUT2D eigenvalue weighted by molar-refractivity contribution is 0.217. The van der Waals surface area contributed by atoms with E-state index in [1.165, 1.54) is 0 Å². The van der Waals surface area contributed by atoms with E-state index in [0.717, 1.165) is 17.9 Å². The molecule has 19 heavy (non-hydrogen) atoms. The average Bonchev–Trinajstić information content (AvgIpc) is 2.39. The van der Waals surface area contributed by atoms with Crippen LogP contribution in [0.25, 0.3) is 0 Å². The maximum absolute atomic E-state index is 5.88. The van der Waals surface area contributed by atoms with Crippen LogP contribution in [0.1, 0.15) is 31.3 Å². The first kappa shape index (κ1) is 13.3. The van der Waals surface area contributed by atoms with Crippen molar-refractivity contribution in [2.24, 2.45) is 0 Å². The number of anilines is 1. The Morgan fingerprint density at radius 2 is 1.95 bits per heavy atom. The fraction of sp³-hybridized carbons (Fsp3) is 0.333. The summed E-state index contributed by atoms with van der Waals surface area (Å²) in [7, 11) is 0. The molecule has 0 aliphatic rings. The number of hydrogen-bond donors (Lipinski definition) is 1. The molecule has 1 heterocycles. The third-order valence-corrected chi connectivity index (χ3v) is 2.74. The molecule has 0 saturated heterocycles. The fourth-order valence-electron chi connectivity index (χ4n) is 1.85. The zero-order chi connectivity index (χ0) is 13.7. The topological polar surface area (TPSA) is 47.0 Å². The molecule has 1 aromatic heterocycles. The van der Waals surface area contributed by atoms with E-state index in [9.17, 15) is 0 Å². The molecule has 1 atom stereocenters. The van der Waals surface area contributed by atoms with Crippen LogP contribution < -0.4 is 10.1 Å². The molecule has 0 radical (unpaired) electrons. The Kier molecular flexibility index (Phi) is 4.34. The second-order valence-electron chi connectivity index (χ2n) is 4.34. The molecular formula is C15H19N3O. The molecular weight excluding hydrogens is 238 g/mol. The van der Waals surface area contributed by atoms with E-state index in [1.807, 2.05) is 57.2 Å². The summed E-state index contributed by atoms with van der Waals surface area (Å²) in [5, 5.41) is 3.17.